The zero-order valence-electron chi connectivity index (χ0n) is 20.9. The normalized spacial score (nSPS) is 19.9. The Hall–Kier alpha value is -4.01. The summed E-state index contributed by atoms with van der Waals surface area (Å²) in [7, 11) is 0. The molecule has 9 nitrogen and oxygen atoms in total. The summed E-state index contributed by atoms with van der Waals surface area (Å²) in [6.07, 6.45) is 5.07. The van der Waals surface area contributed by atoms with Crippen molar-refractivity contribution in [3.05, 3.63) is 66.1 Å². The summed E-state index contributed by atoms with van der Waals surface area (Å²) < 4.78 is 0. The van der Waals surface area contributed by atoms with Gasteiger partial charge in [0.05, 0.1) is 5.52 Å². The number of nitrogens with one attached hydrogen (secondary N) is 3. The van der Waals surface area contributed by atoms with Crippen molar-refractivity contribution in [3.63, 3.8) is 0 Å². The number of H-pyrrole nitrogens is 1. The van der Waals surface area contributed by atoms with Gasteiger partial charge in [-0.3, -0.25) is 14.9 Å². The summed E-state index contributed by atoms with van der Waals surface area (Å²) in [4.78, 5) is 29.4. The number of hydrogen-bond acceptors (Lipinski definition) is 7. The van der Waals surface area contributed by atoms with Crippen molar-refractivity contribution in [3.8, 4) is 0 Å². The Morgan fingerprint density at radius 3 is 2.47 bits per heavy atom. The minimum Gasteiger partial charge on any atom is -0.351 e. The second-order valence-electron chi connectivity index (χ2n) is 9.34. The SMILES string of the molecule is CCC1CC(Nc2nc(Nc3cc(C)[nH]n3)c3ccccc3n2)CC(CC)N1C(=O)c1ccccn1. The molecule has 3 N–H and O–H groups in total. The third-order valence-corrected chi connectivity index (χ3v) is 6.85. The van der Waals surface area contributed by atoms with Crippen molar-refractivity contribution in [2.75, 3.05) is 10.6 Å². The lowest BCUT2D eigenvalue weighted by atomic mass is 9.88. The second kappa shape index (κ2) is 10.3. The fourth-order valence-electron chi connectivity index (χ4n) is 5.10. The Morgan fingerprint density at radius 2 is 1.81 bits per heavy atom. The van der Waals surface area contributed by atoms with Gasteiger partial charge in [-0.05, 0) is 56.9 Å². The Balaban J connectivity index is 1.40. The maximum absolute atomic E-state index is 13.4. The predicted octanol–water partition coefficient (Wildman–Crippen LogP) is 5.07. The lowest BCUT2D eigenvalue weighted by Crippen LogP contribution is -2.54. The second-order valence-corrected chi connectivity index (χ2v) is 9.34. The number of rotatable bonds is 7. The summed E-state index contributed by atoms with van der Waals surface area (Å²) in [5.41, 5.74) is 2.33. The smallest absolute Gasteiger partial charge is 0.272 e. The molecular formula is C27H32N8O. The van der Waals surface area contributed by atoms with Crippen LogP contribution in [0.15, 0.2) is 54.7 Å². The van der Waals surface area contributed by atoms with Gasteiger partial charge in [0.2, 0.25) is 5.95 Å². The van der Waals surface area contributed by atoms with Crippen LogP contribution in [0.4, 0.5) is 17.6 Å². The molecule has 0 radical (unpaired) electrons. The van der Waals surface area contributed by atoms with E-state index in [9.17, 15) is 4.79 Å². The number of aryl methyl sites for hydroxylation is 1. The number of nitrogens with zero attached hydrogens (tertiary/aromatic N) is 5. The van der Waals surface area contributed by atoms with E-state index in [0.717, 1.165) is 42.3 Å². The van der Waals surface area contributed by atoms with Gasteiger partial charge in [0.1, 0.15) is 11.5 Å². The van der Waals surface area contributed by atoms with Gasteiger partial charge in [-0.2, -0.15) is 10.1 Å². The number of aromatic nitrogens is 5. The quantitative estimate of drug-likeness (QED) is 0.336. The molecule has 1 saturated heterocycles. The van der Waals surface area contributed by atoms with Gasteiger partial charge in [0.25, 0.3) is 5.91 Å². The van der Waals surface area contributed by atoms with Crippen molar-refractivity contribution in [2.45, 2.75) is 64.6 Å². The van der Waals surface area contributed by atoms with E-state index in [4.69, 9.17) is 9.97 Å². The fraction of sp³-hybridized carbons (Fsp3) is 0.370. The first-order valence-electron chi connectivity index (χ1n) is 12.6. The number of carbonyl (C=O) groups is 1. The van der Waals surface area contributed by atoms with Gasteiger partial charge in [-0.1, -0.05) is 32.0 Å². The highest BCUT2D eigenvalue weighted by molar-refractivity contribution is 5.93. The molecule has 4 aromatic rings. The number of aromatic amines is 1. The zero-order chi connectivity index (χ0) is 25.1. The molecule has 4 heterocycles. The number of hydrogen-bond donors (Lipinski definition) is 3. The topological polar surface area (TPSA) is 112 Å². The van der Waals surface area contributed by atoms with Gasteiger partial charge in [-0.15, -0.1) is 0 Å². The van der Waals surface area contributed by atoms with E-state index in [1.807, 2.05) is 49.4 Å². The van der Waals surface area contributed by atoms with Crippen LogP contribution in [0, 0.1) is 6.92 Å². The molecule has 9 heteroatoms. The average Bonchev–Trinajstić information content (AvgIpc) is 3.32. The van der Waals surface area contributed by atoms with Crippen LogP contribution in [0.1, 0.15) is 55.7 Å². The number of anilines is 3. The molecule has 0 saturated carbocycles. The molecule has 2 unspecified atom stereocenters. The van der Waals surface area contributed by atoms with E-state index in [2.05, 4.69) is 44.6 Å². The molecule has 1 fully saturated rings. The minimum atomic E-state index is 0.00971. The number of pyridine rings is 1. The van der Waals surface area contributed by atoms with Crippen LogP contribution in [-0.2, 0) is 0 Å². The van der Waals surface area contributed by atoms with Gasteiger partial charge in [0, 0.05) is 41.5 Å². The third kappa shape index (κ3) is 4.86. The predicted molar refractivity (Wildman–Crippen MR) is 141 cm³/mol. The van der Waals surface area contributed by atoms with Gasteiger partial charge in [-0.25, -0.2) is 4.98 Å². The molecule has 1 aromatic carbocycles. The molecule has 0 bridgehead atoms. The van der Waals surface area contributed by atoms with E-state index < -0.39 is 0 Å². The van der Waals surface area contributed by atoms with E-state index in [1.54, 1.807) is 12.3 Å². The third-order valence-electron chi connectivity index (χ3n) is 6.85. The molecule has 2 atom stereocenters. The molecule has 5 rings (SSSR count). The van der Waals surface area contributed by atoms with Gasteiger partial charge < -0.3 is 15.5 Å². The summed E-state index contributed by atoms with van der Waals surface area (Å²) in [6, 6.07) is 15.8. The summed E-state index contributed by atoms with van der Waals surface area (Å²) >= 11 is 0. The highest BCUT2D eigenvalue weighted by Gasteiger charge is 2.37. The Bertz CT molecular complexity index is 1320. The summed E-state index contributed by atoms with van der Waals surface area (Å²) in [5.74, 6) is 2.00. The number of para-hydroxylation sites is 1. The van der Waals surface area contributed by atoms with E-state index in [1.165, 1.54) is 0 Å². The van der Waals surface area contributed by atoms with Crippen LogP contribution in [-0.4, -0.2) is 54.1 Å². The van der Waals surface area contributed by atoms with Gasteiger partial charge in [0.15, 0.2) is 5.82 Å². The maximum atomic E-state index is 13.4. The number of likely N-dealkylation sites (tertiary alicyclic amines) is 1. The van der Waals surface area contributed by atoms with E-state index in [-0.39, 0.29) is 24.0 Å². The highest BCUT2D eigenvalue weighted by atomic mass is 16.2. The molecular weight excluding hydrogens is 452 g/mol. The molecule has 3 aromatic heterocycles. The number of piperidine rings is 1. The standard InChI is InChI=1S/C27H32N8O/c1-4-19-15-18(16-20(5-2)35(19)26(36)23-12-8-9-13-28-23)29-27-30-22-11-7-6-10-21(22)25(32-27)31-24-14-17(3)33-34-24/h6-14,18-20H,4-5,15-16H2,1-3H3,(H3,29,30,31,32,33,34). The number of benzene rings is 1. The molecule has 1 aliphatic rings. The largest absolute Gasteiger partial charge is 0.351 e. The summed E-state index contributed by atoms with van der Waals surface area (Å²) in [5, 5.41) is 15.1. The lowest BCUT2D eigenvalue weighted by molar-refractivity contribution is 0.0406. The highest BCUT2D eigenvalue weighted by Crippen LogP contribution is 2.31. The molecule has 36 heavy (non-hydrogen) atoms. The Morgan fingerprint density at radius 1 is 1.06 bits per heavy atom. The molecule has 0 spiro atoms. The first-order valence-corrected chi connectivity index (χ1v) is 12.6. The number of fused-ring (bicyclic) bond motifs is 1. The van der Waals surface area contributed by atoms with Gasteiger partial charge >= 0.3 is 0 Å². The van der Waals surface area contributed by atoms with Crippen molar-refractivity contribution < 1.29 is 4.79 Å². The lowest BCUT2D eigenvalue weighted by Gasteiger charge is -2.45. The van der Waals surface area contributed by atoms with Crippen molar-refractivity contribution in [2.24, 2.45) is 0 Å². The maximum Gasteiger partial charge on any atom is 0.272 e. The van der Waals surface area contributed by atoms with Crippen LogP contribution in [0.5, 0.6) is 0 Å². The first-order chi connectivity index (χ1) is 17.6. The Kier molecular flexibility index (Phi) is 6.79. The zero-order valence-corrected chi connectivity index (χ0v) is 20.9. The molecule has 1 aliphatic heterocycles. The van der Waals surface area contributed by atoms with Crippen molar-refractivity contribution in [1.29, 1.82) is 0 Å². The van der Waals surface area contributed by atoms with Crippen LogP contribution >= 0.6 is 0 Å². The van der Waals surface area contributed by atoms with Crippen molar-refractivity contribution in [1.82, 2.24) is 30.0 Å². The van der Waals surface area contributed by atoms with Crippen molar-refractivity contribution >= 4 is 34.4 Å². The number of amides is 1. The first kappa shape index (κ1) is 23.7. The summed E-state index contributed by atoms with van der Waals surface area (Å²) in [6.45, 7) is 6.24. The van der Waals surface area contributed by atoms with E-state index in [0.29, 0.717) is 23.3 Å². The van der Waals surface area contributed by atoms with Crippen LogP contribution in [0.2, 0.25) is 0 Å². The fourth-order valence-corrected chi connectivity index (χ4v) is 5.10. The minimum absolute atomic E-state index is 0.00971. The number of carbonyl (C=O) groups excluding carboxylic acids is 1. The molecule has 0 aliphatic carbocycles. The molecule has 186 valence electrons. The Labute approximate surface area is 210 Å². The van der Waals surface area contributed by atoms with Crippen LogP contribution in [0.3, 0.4) is 0 Å². The van der Waals surface area contributed by atoms with E-state index >= 15 is 0 Å². The molecule has 1 amide bonds. The van der Waals surface area contributed by atoms with Crippen LogP contribution in [0.25, 0.3) is 10.9 Å². The monoisotopic (exact) mass is 484 g/mol. The average molecular weight is 485 g/mol. The van der Waals surface area contributed by atoms with Crippen LogP contribution < -0.4 is 10.6 Å².